The van der Waals surface area contributed by atoms with Crippen molar-refractivity contribution in [2.75, 3.05) is 0 Å². The van der Waals surface area contributed by atoms with Gasteiger partial charge in [-0.15, -0.1) is 0 Å². The molecule has 0 aliphatic carbocycles. The summed E-state index contributed by atoms with van der Waals surface area (Å²) < 4.78 is 37.1. The number of alkyl halides is 3. The van der Waals surface area contributed by atoms with Crippen molar-refractivity contribution in [1.82, 2.24) is 9.97 Å². The van der Waals surface area contributed by atoms with E-state index in [1.54, 1.807) is 13.1 Å². The molecule has 0 aliphatic heterocycles. The number of hydrogen-bond donors (Lipinski definition) is 0. The third-order valence-electron chi connectivity index (χ3n) is 2.37. The Bertz CT molecular complexity index is 518. The fourth-order valence-electron chi connectivity index (χ4n) is 1.51. The summed E-state index contributed by atoms with van der Waals surface area (Å²) in [6.07, 6.45) is -1.25. The third kappa shape index (κ3) is 2.43. The van der Waals surface area contributed by atoms with E-state index in [0.717, 1.165) is 12.1 Å². The normalized spacial score (nSPS) is 11.5. The van der Waals surface area contributed by atoms with Gasteiger partial charge in [-0.3, -0.25) is 9.97 Å². The van der Waals surface area contributed by atoms with E-state index in [2.05, 4.69) is 9.97 Å². The first-order valence-corrected chi connectivity index (χ1v) is 4.94. The predicted molar refractivity (Wildman–Crippen MR) is 57.2 cm³/mol. The van der Waals surface area contributed by atoms with Gasteiger partial charge in [0.2, 0.25) is 0 Å². The molecule has 2 rings (SSSR count). The van der Waals surface area contributed by atoms with Crippen LogP contribution in [-0.2, 0) is 6.18 Å². The van der Waals surface area contributed by atoms with Crippen LogP contribution >= 0.6 is 0 Å². The molecular weight excluding hydrogens is 229 g/mol. The van der Waals surface area contributed by atoms with Gasteiger partial charge < -0.3 is 0 Å². The molecule has 0 radical (unpaired) electrons. The molecule has 2 nitrogen and oxygen atoms in total. The summed E-state index contributed by atoms with van der Waals surface area (Å²) in [5, 5.41) is 0. The standard InChI is InChI=1S/C12H9F3N2/c1-8-11(17-7-6-16-8)9-2-4-10(5-3-9)12(13,14)15/h2-7H,1H3. The Kier molecular flexibility index (Phi) is 2.83. The van der Waals surface area contributed by atoms with E-state index >= 15 is 0 Å². The van der Waals surface area contributed by atoms with Gasteiger partial charge in [-0.2, -0.15) is 13.2 Å². The summed E-state index contributed by atoms with van der Waals surface area (Å²) in [7, 11) is 0. The molecule has 0 spiro atoms. The number of aromatic nitrogens is 2. The summed E-state index contributed by atoms with van der Waals surface area (Å²) >= 11 is 0. The van der Waals surface area contributed by atoms with Crippen LogP contribution in [0.25, 0.3) is 11.3 Å². The average molecular weight is 238 g/mol. The van der Waals surface area contributed by atoms with Crippen molar-refractivity contribution in [2.24, 2.45) is 0 Å². The quantitative estimate of drug-likeness (QED) is 0.760. The van der Waals surface area contributed by atoms with Crippen molar-refractivity contribution in [2.45, 2.75) is 13.1 Å². The molecule has 1 aromatic carbocycles. The van der Waals surface area contributed by atoms with Crippen LogP contribution in [0, 0.1) is 6.92 Å². The largest absolute Gasteiger partial charge is 0.416 e. The van der Waals surface area contributed by atoms with Crippen LogP contribution in [0.3, 0.4) is 0 Å². The van der Waals surface area contributed by atoms with Crippen molar-refractivity contribution < 1.29 is 13.2 Å². The molecule has 1 heterocycles. The maximum absolute atomic E-state index is 12.4. The van der Waals surface area contributed by atoms with Gasteiger partial charge in [0.25, 0.3) is 0 Å². The number of benzene rings is 1. The molecule has 1 aromatic heterocycles. The second kappa shape index (κ2) is 4.16. The van der Waals surface area contributed by atoms with Crippen molar-refractivity contribution in [3.63, 3.8) is 0 Å². The lowest BCUT2D eigenvalue weighted by atomic mass is 10.1. The molecule has 5 heteroatoms. The van der Waals surface area contributed by atoms with Gasteiger partial charge >= 0.3 is 6.18 Å². The fourth-order valence-corrected chi connectivity index (χ4v) is 1.51. The minimum atomic E-state index is -4.31. The van der Waals surface area contributed by atoms with Crippen LogP contribution in [-0.4, -0.2) is 9.97 Å². The number of halogens is 3. The second-order valence-corrected chi connectivity index (χ2v) is 3.57. The molecule has 2 aromatic rings. The molecule has 0 N–H and O–H groups in total. The van der Waals surface area contributed by atoms with Crippen LogP contribution < -0.4 is 0 Å². The lowest BCUT2D eigenvalue weighted by molar-refractivity contribution is -0.137. The van der Waals surface area contributed by atoms with E-state index in [-0.39, 0.29) is 0 Å². The molecule has 88 valence electrons. The summed E-state index contributed by atoms with van der Waals surface area (Å²) in [4.78, 5) is 8.14. The summed E-state index contributed by atoms with van der Waals surface area (Å²) in [6, 6.07) is 4.90. The maximum Gasteiger partial charge on any atom is 0.416 e. The fraction of sp³-hybridized carbons (Fsp3) is 0.167. The van der Waals surface area contributed by atoms with Crippen molar-refractivity contribution in [3.05, 3.63) is 47.9 Å². The zero-order chi connectivity index (χ0) is 12.5. The third-order valence-corrected chi connectivity index (χ3v) is 2.37. The van der Waals surface area contributed by atoms with Gasteiger partial charge in [0, 0.05) is 18.0 Å². The van der Waals surface area contributed by atoms with Crippen molar-refractivity contribution in [1.29, 1.82) is 0 Å². The lowest BCUT2D eigenvalue weighted by Gasteiger charge is -2.08. The SMILES string of the molecule is Cc1nccnc1-c1ccc(C(F)(F)F)cc1. The Morgan fingerprint density at radius 1 is 0.941 bits per heavy atom. The van der Waals surface area contributed by atoms with E-state index in [9.17, 15) is 13.2 Å². The van der Waals surface area contributed by atoms with Gasteiger partial charge in [0.1, 0.15) is 0 Å². The van der Waals surface area contributed by atoms with E-state index in [0.29, 0.717) is 17.0 Å². The second-order valence-electron chi connectivity index (χ2n) is 3.57. The lowest BCUT2D eigenvalue weighted by Crippen LogP contribution is -2.04. The average Bonchev–Trinajstić information content (AvgIpc) is 2.29. The maximum atomic E-state index is 12.4. The van der Waals surface area contributed by atoms with Crippen LogP contribution in [0.5, 0.6) is 0 Å². The summed E-state index contributed by atoms with van der Waals surface area (Å²) in [6.45, 7) is 1.76. The molecule has 0 saturated carbocycles. The minimum Gasteiger partial charge on any atom is -0.258 e. The van der Waals surface area contributed by atoms with Crippen LogP contribution in [0.4, 0.5) is 13.2 Å². The van der Waals surface area contributed by atoms with E-state index in [1.165, 1.54) is 18.3 Å². The molecule has 17 heavy (non-hydrogen) atoms. The highest BCUT2D eigenvalue weighted by Gasteiger charge is 2.30. The topological polar surface area (TPSA) is 25.8 Å². The van der Waals surface area contributed by atoms with Crippen molar-refractivity contribution >= 4 is 0 Å². The zero-order valence-corrected chi connectivity index (χ0v) is 8.99. The van der Waals surface area contributed by atoms with Gasteiger partial charge in [-0.25, -0.2) is 0 Å². The first kappa shape index (κ1) is 11.6. The number of hydrogen-bond acceptors (Lipinski definition) is 2. The number of aryl methyl sites for hydroxylation is 1. The zero-order valence-electron chi connectivity index (χ0n) is 8.99. The van der Waals surface area contributed by atoms with Gasteiger partial charge in [0.15, 0.2) is 0 Å². The Morgan fingerprint density at radius 3 is 2.06 bits per heavy atom. The van der Waals surface area contributed by atoms with Crippen LogP contribution in [0.15, 0.2) is 36.7 Å². The van der Waals surface area contributed by atoms with E-state index in [1.807, 2.05) is 0 Å². The Morgan fingerprint density at radius 2 is 1.53 bits per heavy atom. The molecule has 0 fully saturated rings. The smallest absolute Gasteiger partial charge is 0.258 e. The molecule has 0 bridgehead atoms. The molecule has 0 saturated heterocycles. The van der Waals surface area contributed by atoms with Gasteiger partial charge in [0.05, 0.1) is 17.0 Å². The highest BCUT2D eigenvalue weighted by molar-refractivity contribution is 5.61. The number of nitrogens with zero attached hydrogens (tertiary/aromatic N) is 2. The summed E-state index contributed by atoms with van der Waals surface area (Å²) in [5.41, 5.74) is 1.25. The predicted octanol–water partition coefficient (Wildman–Crippen LogP) is 3.47. The molecule has 0 unspecified atom stereocenters. The first-order chi connectivity index (χ1) is 7.98. The minimum absolute atomic E-state index is 0.598. The van der Waals surface area contributed by atoms with Crippen LogP contribution in [0.1, 0.15) is 11.3 Å². The van der Waals surface area contributed by atoms with Crippen LogP contribution in [0.2, 0.25) is 0 Å². The Labute approximate surface area is 96.2 Å². The molecule has 0 amide bonds. The van der Waals surface area contributed by atoms with Gasteiger partial charge in [-0.05, 0) is 19.1 Å². The summed E-state index contributed by atoms with van der Waals surface area (Å²) in [5.74, 6) is 0. The highest BCUT2D eigenvalue weighted by atomic mass is 19.4. The number of rotatable bonds is 1. The van der Waals surface area contributed by atoms with Crippen molar-refractivity contribution in [3.8, 4) is 11.3 Å². The van der Waals surface area contributed by atoms with Gasteiger partial charge in [-0.1, -0.05) is 12.1 Å². The van der Waals surface area contributed by atoms with E-state index in [4.69, 9.17) is 0 Å². The molecule has 0 atom stereocenters. The van der Waals surface area contributed by atoms with E-state index < -0.39 is 11.7 Å². The Balaban J connectivity index is 2.40. The highest BCUT2D eigenvalue weighted by Crippen LogP contribution is 2.30. The molecular formula is C12H9F3N2. The monoisotopic (exact) mass is 238 g/mol. The Hall–Kier alpha value is -1.91. The first-order valence-electron chi connectivity index (χ1n) is 4.94. The molecule has 0 aliphatic rings.